The Labute approximate surface area is 218 Å². The Kier molecular flexibility index (Phi) is 6.10. The van der Waals surface area contributed by atoms with Crippen LogP contribution in [0.2, 0.25) is 0 Å². The molecule has 8 heteroatoms. The summed E-state index contributed by atoms with van der Waals surface area (Å²) in [6.45, 7) is 7.11. The number of pyridine rings is 1. The van der Waals surface area contributed by atoms with Crippen LogP contribution < -0.4 is 5.32 Å². The van der Waals surface area contributed by atoms with Crippen LogP contribution in [0.15, 0.2) is 36.7 Å². The van der Waals surface area contributed by atoms with E-state index >= 15 is 0 Å². The summed E-state index contributed by atoms with van der Waals surface area (Å²) < 4.78 is 1.97. The molecule has 1 amide bonds. The minimum Gasteiger partial charge on any atom is -0.390 e. The van der Waals surface area contributed by atoms with Crippen LogP contribution in [-0.4, -0.2) is 41.3 Å². The minimum atomic E-state index is -0.676. The van der Waals surface area contributed by atoms with Crippen molar-refractivity contribution in [2.24, 2.45) is 17.8 Å². The van der Waals surface area contributed by atoms with E-state index in [0.717, 1.165) is 60.9 Å². The molecule has 0 radical (unpaired) electrons. The Balaban J connectivity index is 1.22. The Morgan fingerprint density at radius 3 is 2.54 bits per heavy atom. The fraction of sp³-hybridized carbons (Fsp3) is 0.552. The van der Waals surface area contributed by atoms with Gasteiger partial charge in [0.15, 0.2) is 0 Å². The lowest BCUT2D eigenvalue weighted by atomic mass is 9.66. The fourth-order valence-corrected chi connectivity index (χ4v) is 5.50. The monoisotopic (exact) mass is 500 g/mol. The van der Waals surface area contributed by atoms with Gasteiger partial charge >= 0.3 is 0 Å². The van der Waals surface area contributed by atoms with Gasteiger partial charge in [0.2, 0.25) is 0 Å². The van der Waals surface area contributed by atoms with E-state index in [2.05, 4.69) is 29.2 Å². The van der Waals surface area contributed by atoms with Gasteiger partial charge in [-0.1, -0.05) is 19.9 Å². The van der Waals surface area contributed by atoms with Crippen molar-refractivity contribution in [3.8, 4) is 11.3 Å². The third kappa shape index (κ3) is 5.17. The summed E-state index contributed by atoms with van der Waals surface area (Å²) in [6, 6.07) is 7.40. The summed E-state index contributed by atoms with van der Waals surface area (Å²) in [4.78, 5) is 27.5. The van der Waals surface area contributed by atoms with Crippen molar-refractivity contribution in [2.45, 2.75) is 83.3 Å². The second-order valence-electron chi connectivity index (χ2n) is 11.8. The first-order chi connectivity index (χ1) is 17.8. The zero-order valence-corrected chi connectivity index (χ0v) is 21.9. The van der Waals surface area contributed by atoms with E-state index in [-0.39, 0.29) is 23.7 Å². The van der Waals surface area contributed by atoms with Gasteiger partial charge in [0.25, 0.3) is 5.91 Å². The lowest BCUT2D eigenvalue weighted by Gasteiger charge is -2.44. The number of aromatic nitrogens is 5. The van der Waals surface area contributed by atoms with E-state index in [1.165, 1.54) is 12.8 Å². The minimum absolute atomic E-state index is 0.166. The second-order valence-corrected chi connectivity index (χ2v) is 11.8. The molecule has 3 aliphatic carbocycles. The molecule has 0 bridgehead atoms. The summed E-state index contributed by atoms with van der Waals surface area (Å²) in [6.07, 6.45) is 10.3. The number of rotatable bonds is 7. The molecule has 0 aliphatic heterocycles. The molecule has 0 aromatic carbocycles. The predicted molar refractivity (Wildman–Crippen MR) is 141 cm³/mol. The lowest BCUT2D eigenvalue weighted by Crippen LogP contribution is -2.44. The molecular weight excluding hydrogens is 464 g/mol. The molecule has 2 N–H and O–H groups in total. The Hall–Kier alpha value is -3.13. The number of hydrogen-bond acceptors (Lipinski definition) is 6. The van der Waals surface area contributed by atoms with E-state index in [0.29, 0.717) is 17.4 Å². The Morgan fingerprint density at radius 1 is 1.08 bits per heavy atom. The summed E-state index contributed by atoms with van der Waals surface area (Å²) >= 11 is 0. The van der Waals surface area contributed by atoms with E-state index in [1.54, 1.807) is 6.07 Å². The zero-order chi connectivity index (χ0) is 25.7. The maximum Gasteiger partial charge on any atom is 0.275 e. The quantitative estimate of drug-likeness (QED) is 0.463. The first-order valence-electron chi connectivity index (χ1n) is 13.7. The van der Waals surface area contributed by atoms with Gasteiger partial charge in [-0.2, -0.15) is 5.10 Å². The van der Waals surface area contributed by atoms with Crippen molar-refractivity contribution in [3.05, 3.63) is 53.9 Å². The molecule has 3 aromatic heterocycles. The molecule has 3 aliphatic rings. The topological polar surface area (TPSA) is 106 Å². The van der Waals surface area contributed by atoms with Crippen LogP contribution in [0.1, 0.15) is 93.1 Å². The molecule has 6 rings (SSSR count). The molecule has 37 heavy (non-hydrogen) atoms. The number of anilines is 1. The van der Waals surface area contributed by atoms with Crippen LogP contribution in [0.4, 0.5) is 5.82 Å². The van der Waals surface area contributed by atoms with Crippen LogP contribution in [0.5, 0.6) is 0 Å². The van der Waals surface area contributed by atoms with Crippen molar-refractivity contribution >= 4 is 11.7 Å². The normalized spacial score (nSPS) is 27.7. The van der Waals surface area contributed by atoms with Gasteiger partial charge in [-0.25, -0.2) is 15.0 Å². The highest BCUT2D eigenvalue weighted by Gasteiger charge is 2.42. The molecule has 3 fully saturated rings. The molecule has 0 saturated heterocycles. The molecule has 0 spiro atoms. The number of amides is 1. The standard InChI is InChI=1S/C29H36N6O2/c1-17-11-21(12-18(2)29(17,3)37)25-13-26(33-27(32-25)20-9-10-20)34-28(36)24-6-4-5-23(31-24)22-14-30-35(16-22)15-19-7-8-19/h4-6,13-14,16-21,37H,7-12,15H2,1-3H3,(H,32,33,34,36)/t17-,18+,21?,29?. The average molecular weight is 501 g/mol. The molecule has 194 valence electrons. The van der Waals surface area contributed by atoms with Gasteiger partial charge in [0.1, 0.15) is 17.3 Å². The maximum absolute atomic E-state index is 13.2. The van der Waals surface area contributed by atoms with Crippen molar-refractivity contribution in [1.29, 1.82) is 0 Å². The summed E-state index contributed by atoms with van der Waals surface area (Å²) in [5, 5.41) is 18.3. The van der Waals surface area contributed by atoms with E-state index < -0.39 is 5.60 Å². The van der Waals surface area contributed by atoms with Crippen LogP contribution in [0.25, 0.3) is 11.3 Å². The number of carbonyl (C=O) groups excluding carboxylic acids is 1. The molecule has 8 nitrogen and oxygen atoms in total. The highest BCUT2D eigenvalue weighted by atomic mass is 16.3. The largest absolute Gasteiger partial charge is 0.390 e. The Bertz CT molecular complexity index is 1300. The fourth-order valence-electron chi connectivity index (χ4n) is 5.50. The third-order valence-electron chi connectivity index (χ3n) is 8.69. The highest BCUT2D eigenvalue weighted by molar-refractivity contribution is 6.02. The van der Waals surface area contributed by atoms with Crippen LogP contribution in [0, 0.1) is 17.8 Å². The van der Waals surface area contributed by atoms with Gasteiger partial charge in [-0.15, -0.1) is 0 Å². The summed E-state index contributed by atoms with van der Waals surface area (Å²) in [7, 11) is 0. The molecule has 3 heterocycles. The van der Waals surface area contributed by atoms with Crippen molar-refractivity contribution in [1.82, 2.24) is 24.7 Å². The van der Waals surface area contributed by atoms with Gasteiger partial charge in [-0.3, -0.25) is 9.48 Å². The molecular formula is C29H36N6O2. The predicted octanol–water partition coefficient (Wildman–Crippen LogP) is 5.18. The summed E-state index contributed by atoms with van der Waals surface area (Å²) in [5.41, 5.74) is 2.27. The first-order valence-corrected chi connectivity index (χ1v) is 13.7. The number of hydrogen-bond donors (Lipinski definition) is 2. The van der Waals surface area contributed by atoms with E-state index in [1.807, 2.05) is 42.2 Å². The number of aliphatic hydroxyl groups is 1. The number of carbonyl (C=O) groups is 1. The summed E-state index contributed by atoms with van der Waals surface area (Å²) in [5.74, 6) is 2.73. The first kappa shape index (κ1) is 24.2. The third-order valence-corrected chi connectivity index (χ3v) is 8.69. The van der Waals surface area contributed by atoms with Crippen LogP contribution in [0.3, 0.4) is 0 Å². The highest BCUT2D eigenvalue weighted by Crippen LogP contribution is 2.46. The van der Waals surface area contributed by atoms with E-state index in [4.69, 9.17) is 9.97 Å². The van der Waals surface area contributed by atoms with Gasteiger partial charge in [-0.05, 0) is 75.3 Å². The molecule has 3 aromatic rings. The lowest BCUT2D eigenvalue weighted by molar-refractivity contribution is -0.0723. The van der Waals surface area contributed by atoms with Crippen LogP contribution in [-0.2, 0) is 6.54 Å². The molecule has 2 unspecified atom stereocenters. The molecule has 4 atom stereocenters. The van der Waals surface area contributed by atoms with Crippen molar-refractivity contribution < 1.29 is 9.90 Å². The van der Waals surface area contributed by atoms with Crippen molar-refractivity contribution in [2.75, 3.05) is 5.32 Å². The van der Waals surface area contributed by atoms with E-state index in [9.17, 15) is 9.90 Å². The van der Waals surface area contributed by atoms with Gasteiger partial charge in [0.05, 0.1) is 17.5 Å². The van der Waals surface area contributed by atoms with Crippen molar-refractivity contribution in [3.63, 3.8) is 0 Å². The maximum atomic E-state index is 13.2. The van der Waals surface area contributed by atoms with Gasteiger partial charge in [0, 0.05) is 41.9 Å². The zero-order valence-electron chi connectivity index (χ0n) is 21.9. The Morgan fingerprint density at radius 2 is 1.84 bits per heavy atom. The van der Waals surface area contributed by atoms with Crippen LogP contribution >= 0.6 is 0 Å². The average Bonchev–Trinajstić information content (AvgIpc) is 3.81. The molecule has 3 saturated carbocycles. The SMILES string of the molecule is C[C@@H]1CC(c2cc(NC(=O)c3cccc(-c4cnn(CC5CC5)c4)n3)nc(C3CC3)n2)C[C@H](C)C1(C)O. The smallest absolute Gasteiger partial charge is 0.275 e. The number of nitrogens with zero attached hydrogens (tertiary/aromatic N) is 5. The number of nitrogens with one attached hydrogen (secondary N) is 1. The second kappa shape index (κ2) is 9.31. The van der Waals surface area contributed by atoms with Gasteiger partial charge < -0.3 is 10.4 Å².